The largest absolute Gasteiger partial charge is 0.497 e. The van der Waals surface area contributed by atoms with E-state index in [0.29, 0.717) is 17.3 Å². The first-order valence-corrected chi connectivity index (χ1v) is 11.8. The number of carbonyl (C=O) groups excluding carboxylic acids is 2. The molecule has 0 saturated heterocycles. The number of nitrogens with one attached hydrogen (secondary N) is 1. The van der Waals surface area contributed by atoms with E-state index in [9.17, 15) is 9.59 Å². The van der Waals surface area contributed by atoms with E-state index >= 15 is 0 Å². The van der Waals surface area contributed by atoms with E-state index in [0.717, 1.165) is 22.6 Å². The maximum Gasteiger partial charge on any atom is 0.289 e. The van der Waals surface area contributed by atoms with Crippen LogP contribution in [-0.4, -0.2) is 35.6 Å². The molecule has 0 spiro atoms. The van der Waals surface area contributed by atoms with Crippen LogP contribution in [0.1, 0.15) is 11.1 Å². The first kappa shape index (κ1) is 21.4. The quantitative estimate of drug-likeness (QED) is 0.660. The Kier molecular flexibility index (Phi) is 6.89. The number of amides is 2. The first-order valence-electron chi connectivity index (χ1n) is 9.73. The summed E-state index contributed by atoms with van der Waals surface area (Å²) in [4.78, 5) is 33.5. The fourth-order valence-corrected chi connectivity index (χ4v) is 5.35. The predicted molar refractivity (Wildman–Crippen MR) is 126 cm³/mol. The lowest BCUT2D eigenvalue weighted by Gasteiger charge is -2.16. The van der Waals surface area contributed by atoms with E-state index in [4.69, 9.17) is 4.74 Å². The number of methoxy groups -OCH3 is 1. The van der Waals surface area contributed by atoms with Gasteiger partial charge in [0.15, 0.2) is 0 Å². The number of thioether (sulfide) groups is 2. The van der Waals surface area contributed by atoms with E-state index in [1.54, 1.807) is 18.9 Å². The lowest BCUT2D eigenvalue weighted by atomic mass is 10.0. The Labute approximate surface area is 189 Å². The molecule has 1 unspecified atom stereocenters. The van der Waals surface area contributed by atoms with Crippen LogP contribution in [0.5, 0.6) is 5.75 Å². The first-order chi connectivity index (χ1) is 15.1. The van der Waals surface area contributed by atoms with Crippen molar-refractivity contribution in [1.29, 1.82) is 0 Å². The van der Waals surface area contributed by atoms with Crippen molar-refractivity contribution >= 4 is 46.2 Å². The molecule has 1 N–H and O–H groups in total. The van der Waals surface area contributed by atoms with Gasteiger partial charge in [-0.2, -0.15) is 16.8 Å². The predicted octanol–water partition coefficient (Wildman–Crippen LogP) is 3.83. The van der Waals surface area contributed by atoms with E-state index in [1.165, 1.54) is 17.3 Å². The van der Waals surface area contributed by atoms with Crippen LogP contribution in [0, 0.1) is 5.92 Å². The number of benzene rings is 2. The second kappa shape index (κ2) is 9.98. The smallest absolute Gasteiger partial charge is 0.289 e. The molecular formula is C23H21N3O3S2. The highest BCUT2D eigenvalue weighted by Crippen LogP contribution is 2.36. The Balaban J connectivity index is 1.33. The van der Waals surface area contributed by atoms with Crippen molar-refractivity contribution in [3.05, 3.63) is 76.7 Å². The Morgan fingerprint density at radius 2 is 1.90 bits per heavy atom. The lowest BCUT2D eigenvalue weighted by Crippen LogP contribution is -2.35. The van der Waals surface area contributed by atoms with Gasteiger partial charge in [-0.25, -0.2) is 4.99 Å². The van der Waals surface area contributed by atoms with E-state index in [2.05, 4.69) is 27.4 Å². The molecule has 1 atom stereocenters. The average molecular weight is 452 g/mol. The Hall–Kier alpha value is -2.84. The molecule has 0 fully saturated rings. The number of amidine groups is 1. The van der Waals surface area contributed by atoms with Gasteiger partial charge in [0.05, 0.1) is 12.2 Å². The van der Waals surface area contributed by atoms with Gasteiger partial charge in [-0.15, -0.1) is 0 Å². The molecular weight excluding hydrogens is 430 g/mol. The summed E-state index contributed by atoms with van der Waals surface area (Å²) in [7, 11) is 1.59. The minimum atomic E-state index is -0.463. The minimum absolute atomic E-state index is 0.0850. The van der Waals surface area contributed by atoms with Crippen LogP contribution in [0.25, 0.3) is 0 Å². The maximum absolute atomic E-state index is 12.7. The van der Waals surface area contributed by atoms with E-state index < -0.39 is 11.8 Å². The average Bonchev–Trinajstić information content (AvgIpc) is 3.22. The molecule has 2 amide bonds. The van der Waals surface area contributed by atoms with Crippen molar-refractivity contribution in [2.24, 2.45) is 15.9 Å². The highest BCUT2D eigenvalue weighted by Gasteiger charge is 2.37. The standard InChI is InChI=1S/C23H21N3O3S2/c1-29-18-9-5-8-16(10-18)11-24-22(28)20-25-21(27)19-17(14-31-23(19)26-20)13-30-12-15-6-3-2-4-7-15/h2-10,14,19H,11-13H2,1H3,(H,24,28). The summed E-state index contributed by atoms with van der Waals surface area (Å²) in [5.41, 5.74) is 3.13. The summed E-state index contributed by atoms with van der Waals surface area (Å²) >= 11 is 3.15. The molecule has 158 valence electrons. The second-order valence-corrected chi connectivity index (χ2v) is 8.86. The van der Waals surface area contributed by atoms with Gasteiger partial charge in [-0.1, -0.05) is 54.2 Å². The van der Waals surface area contributed by atoms with Gasteiger partial charge in [0.25, 0.3) is 11.8 Å². The van der Waals surface area contributed by atoms with Crippen LogP contribution >= 0.6 is 23.5 Å². The van der Waals surface area contributed by atoms with Crippen molar-refractivity contribution in [1.82, 2.24) is 5.32 Å². The lowest BCUT2D eigenvalue weighted by molar-refractivity contribution is -0.120. The molecule has 4 rings (SSSR count). The molecule has 2 heterocycles. The monoisotopic (exact) mass is 451 g/mol. The van der Waals surface area contributed by atoms with Crippen LogP contribution in [0.2, 0.25) is 0 Å². The molecule has 0 bridgehead atoms. The van der Waals surface area contributed by atoms with Crippen LogP contribution < -0.4 is 10.1 Å². The third kappa shape index (κ3) is 5.26. The molecule has 0 aromatic heterocycles. The highest BCUT2D eigenvalue weighted by molar-refractivity contribution is 8.17. The molecule has 31 heavy (non-hydrogen) atoms. The van der Waals surface area contributed by atoms with Gasteiger partial charge in [-0.05, 0) is 34.2 Å². The number of fused-ring (bicyclic) bond motifs is 1. The van der Waals surface area contributed by atoms with Gasteiger partial charge in [0.1, 0.15) is 11.7 Å². The molecule has 2 aromatic carbocycles. The Morgan fingerprint density at radius 1 is 1.10 bits per heavy atom. The van der Waals surface area contributed by atoms with Crippen LogP contribution in [0.15, 0.2) is 75.6 Å². The molecule has 2 aliphatic rings. The topological polar surface area (TPSA) is 80.1 Å². The Morgan fingerprint density at radius 3 is 2.71 bits per heavy atom. The molecule has 0 saturated carbocycles. The van der Waals surface area contributed by atoms with Crippen molar-refractivity contribution in [3.63, 3.8) is 0 Å². The number of aliphatic imine (C=N–C) groups is 2. The fraction of sp³-hybridized carbons (Fsp3) is 0.217. The minimum Gasteiger partial charge on any atom is -0.497 e. The number of carbonyl (C=O) groups is 2. The molecule has 0 aliphatic carbocycles. The summed E-state index contributed by atoms with van der Waals surface area (Å²) in [6.07, 6.45) is 0. The molecule has 0 radical (unpaired) electrons. The molecule has 2 aliphatic heterocycles. The van der Waals surface area contributed by atoms with Gasteiger partial charge in [-0.3, -0.25) is 9.59 Å². The number of hydrogen-bond acceptors (Lipinski definition) is 6. The summed E-state index contributed by atoms with van der Waals surface area (Å²) in [6.45, 7) is 0.296. The van der Waals surface area contributed by atoms with E-state index in [-0.39, 0.29) is 11.7 Å². The molecule has 8 heteroatoms. The van der Waals surface area contributed by atoms with Crippen molar-refractivity contribution in [2.45, 2.75) is 12.3 Å². The van der Waals surface area contributed by atoms with Gasteiger partial charge in [0.2, 0.25) is 5.84 Å². The summed E-state index contributed by atoms with van der Waals surface area (Å²) < 4.78 is 5.19. The highest BCUT2D eigenvalue weighted by atomic mass is 32.2. The SMILES string of the molecule is COc1cccc(CNC(=O)C2=NC(=O)C3C(CSCc4ccccc4)=CSC3=N2)c1. The number of rotatable bonds is 8. The van der Waals surface area contributed by atoms with Crippen LogP contribution in [0.4, 0.5) is 0 Å². The maximum atomic E-state index is 12.7. The third-order valence-electron chi connectivity index (χ3n) is 4.80. The zero-order valence-electron chi connectivity index (χ0n) is 16.9. The van der Waals surface area contributed by atoms with Crippen molar-refractivity contribution in [2.75, 3.05) is 12.9 Å². The zero-order valence-corrected chi connectivity index (χ0v) is 18.5. The van der Waals surface area contributed by atoms with Crippen LogP contribution in [0.3, 0.4) is 0 Å². The number of ether oxygens (including phenoxy) is 1. The fourth-order valence-electron chi connectivity index (χ4n) is 3.21. The Bertz CT molecular complexity index is 1080. The molecule has 6 nitrogen and oxygen atoms in total. The summed E-state index contributed by atoms with van der Waals surface area (Å²) in [5, 5.41) is 5.36. The zero-order chi connectivity index (χ0) is 21.6. The number of nitrogens with zero attached hydrogens (tertiary/aromatic N) is 2. The van der Waals surface area contributed by atoms with Crippen molar-refractivity contribution < 1.29 is 14.3 Å². The van der Waals surface area contributed by atoms with Crippen LogP contribution in [-0.2, 0) is 21.9 Å². The molecule has 2 aromatic rings. The third-order valence-corrected chi connectivity index (χ3v) is 6.86. The summed E-state index contributed by atoms with van der Waals surface area (Å²) in [5.74, 6) is 0.983. The van der Waals surface area contributed by atoms with Crippen molar-refractivity contribution in [3.8, 4) is 5.75 Å². The van der Waals surface area contributed by atoms with Gasteiger partial charge < -0.3 is 10.1 Å². The number of hydrogen-bond donors (Lipinski definition) is 1. The normalized spacial score (nSPS) is 17.4. The second-order valence-electron chi connectivity index (χ2n) is 6.98. The van der Waals surface area contributed by atoms with E-state index in [1.807, 2.05) is 47.9 Å². The van der Waals surface area contributed by atoms with Gasteiger partial charge >= 0.3 is 0 Å². The van der Waals surface area contributed by atoms with Gasteiger partial charge in [0, 0.05) is 18.1 Å². The summed E-state index contributed by atoms with van der Waals surface area (Å²) in [6, 6.07) is 17.6.